The van der Waals surface area contributed by atoms with Crippen molar-refractivity contribution in [2.45, 2.75) is 212 Å². The molecule has 1 amide bonds. The van der Waals surface area contributed by atoms with Crippen LogP contribution >= 0.6 is 7.82 Å². The predicted octanol–water partition coefficient (Wildman–Crippen LogP) is 16.0. The fourth-order valence-corrected chi connectivity index (χ4v) is 7.91. The number of allylic oxidation sites excluding steroid dienone is 20. The molecule has 0 spiro atoms. The molecule has 3 atom stereocenters. The van der Waals surface area contributed by atoms with Crippen LogP contribution in [0.3, 0.4) is 0 Å². The van der Waals surface area contributed by atoms with Crippen LogP contribution in [-0.4, -0.2) is 68.5 Å². The average molecular weight is 979 g/mol. The number of hydrogen-bond acceptors (Lipinski definition) is 6. The molecule has 0 saturated heterocycles. The number of rotatable bonds is 48. The van der Waals surface area contributed by atoms with Crippen molar-refractivity contribution in [1.82, 2.24) is 5.32 Å². The summed E-state index contributed by atoms with van der Waals surface area (Å²) in [6, 6.07) is -0.806. The van der Waals surface area contributed by atoms with Crippen LogP contribution in [0.15, 0.2) is 122 Å². The predicted molar refractivity (Wildman–Crippen MR) is 297 cm³/mol. The lowest BCUT2D eigenvalue weighted by molar-refractivity contribution is -0.870. The van der Waals surface area contributed by atoms with Crippen LogP contribution in [0.25, 0.3) is 0 Å². The lowest BCUT2D eigenvalue weighted by Gasteiger charge is -2.30. The molecule has 0 aliphatic carbocycles. The molecule has 0 rings (SSSR count). The first-order valence-electron chi connectivity index (χ1n) is 27.4. The molecule has 0 heterocycles. The molecule has 0 fully saturated rings. The van der Waals surface area contributed by atoms with E-state index in [9.17, 15) is 19.4 Å². The minimum Gasteiger partial charge on any atom is -0.756 e. The van der Waals surface area contributed by atoms with Crippen LogP contribution in [0.2, 0.25) is 0 Å². The molecule has 0 saturated carbocycles. The standard InChI is InChI=1S/C60H103N2O6P/c1-6-8-10-12-14-15-16-17-18-19-20-21-22-23-24-25-26-27-28-29-30-31-32-33-34-35-36-37-38-39-40-41-42-43-44-45-46-47-48-50-52-54-60(64)61-58(59(63)53-51-49-13-11-9-7-2)57-68-69(65,66)67-56-55-62(3,4)5/h8,10,14-15,17-18,20-21,23-24,26-27,29-30,32-33,35-36,38-39,58-59,63H,6-7,9,11-13,16,19,22,25,28,31,34,37,40-57H2,1-5H3,(H-,61,64,65,66)/b10-8-,15-14-,18-17-,21-20-,24-23-,27-26-,30-29-,33-32-,36-35-,39-38-. The van der Waals surface area contributed by atoms with E-state index in [2.05, 4.69) is 141 Å². The molecule has 0 aromatic carbocycles. The van der Waals surface area contributed by atoms with Gasteiger partial charge in [0, 0.05) is 6.42 Å². The molecule has 0 bridgehead atoms. The maximum absolute atomic E-state index is 12.8. The van der Waals surface area contributed by atoms with Gasteiger partial charge in [-0.3, -0.25) is 9.36 Å². The van der Waals surface area contributed by atoms with Gasteiger partial charge >= 0.3 is 0 Å². The van der Waals surface area contributed by atoms with E-state index >= 15 is 0 Å². The van der Waals surface area contributed by atoms with Crippen molar-refractivity contribution >= 4 is 13.7 Å². The molecule has 0 aromatic rings. The molecule has 2 N–H and O–H groups in total. The van der Waals surface area contributed by atoms with E-state index < -0.39 is 20.0 Å². The van der Waals surface area contributed by atoms with Gasteiger partial charge in [0.1, 0.15) is 13.2 Å². The number of hydrogen-bond donors (Lipinski definition) is 2. The summed E-state index contributed by atoms with van der Waals surface area (Å²) < 4.78 is 23.2. The van der Waals surface area contributed by atoms with Gasteiger partial charge in [-0.25, -0.2) is 0 Å². The Morgan fingerprint density at radius 1 is 0.522 bits per heavy atom. The van der Waals surface area contributed by atoms with Crippen molar-refractivity contribution in [3.8, 4) is 0 Å². The van der Waals surface area contributed by atoms with Gasteiger partial charge in [0.25, 0.3) is 7.82 Å². The van der Waals surface area contributed by atoms with E-state index in [1.165, 1.54) is 64.2 Å². The number of carbonyl (C=O) groups excluding carboxylic acids is 1. The van der Waals surface area contributed by atoms with Crippen molar-refractivity contribution in [3.05, 3.63) is 122 Å². The number of nitrogens with zero attached hydrogens (tertiary/aromatic N) is 1. The number of amides is 1. The Morgan fingerprint density at radius 3 is 1.29 bits per heavy atom. The topological polar surface area (TPSA) is 108 Å². The molecule has 69 heavy (non-hydrogen) atoms. The Morgan fingerprint density at radius 2 is 0.884 bits per heavy atom. The molecule has 0 aliphatic heterocycles. The fourth-order valence-electron chi connectivity index (χ4n) is 7.18. The van der Waals surface area contributed by atoms with Crippen LogP contribution in [0.4, 0.5) is 0 Å². The summed E-state index contributed by atoms with van der Waals surface area (Å²) in [7, 11) is 1.28. The summed E-state index contributed by atoms with van der Waals surface area (Å²) in [6.07, 6.45) is 74.2. The molecule has 9 heteroatoms. The summed E-state index contributed by atoms with van der Waals surface area (Å²) in [4.78, 5) is 25.2. The Hall–Kier alpha value is -3.10. The van der Waals surface area contributed by atoms with Crippen LogP contribution in [0.5, 0.6) is 0 Å². The third-order valence-electron chi connectivity index (χ3n) is 11.5. The van der Waals surface area contributed by atoms with Gasteiger partial charge in [0.15, 0.2) is 0 Å². The SMILES string of the molecule is CC/C=C\C/C=C\C/C=C\C/C=C\C/C=C\C/C=C\C/C=C\C/C=C\C/C=C\C/C=C\CCCCCCCCCCCCC(=O)NC(COP(=O)([O-])OCC[N+](C)(C)C)C(O)CCCCCCCC. The Labute approximate surface area is 424 Å². The van der Waals surface area contributed by atoms with E-state index in [0.29, 0.717) is 23.9 Å². The van der Waals surface area contributed by atoms with E-state index in [1.807, 2.05) is 21.1 Å². The summed E-state index contributed by atoms with van der Waals surface area (Å²) in [5, 5.41) is 13.8. The number of nitrogens with one attached hydrogen (secondary N) is 1. The second-order valence-corrected chi connectivity index (χ2v) is 20.6. The van der Waals surface area contributed by atoms with Crippen molar-refractivity contribution < 1.29 is 32.9 Å². The highest BCUT2D eigenvalue weighted by Crippen LogP contribution is 2.38. The normalized spacial score (nSPS) is 14.9. The fraction of sp³-hybridized carbons (Fsp3) is 0.650. The first-order chi connectivity index (χ1) is 33.5. The largest absolute Gasteiger partial charge is 0.756 e. The second-order valence-electron chi connectivity index (χ2n) is 19.2. The first kappa shape index (κ1) is 65.9. The van der Waals surface area contributed by atoms with Gasteiger partial charge in [-0.15, -0.1) is 0 Å². The zero-order valence-electron chi connectivity index (χ0n) is 44.7. The number of aliphatic hydroxyl groups is 1. The Bertz CT molecular complexity index is 1530. The maximum Gasteiger partial charge on any atom is 0.268 e. The number of quaternary nitrogens is 1. The Kier molecular flexibility index (Phi) is 47.6. The summed E-state index contributed by atoms with van der Waals surface area (Å²) in [5.74, 6) is -0.181. The summed E-state index contributed by atoms with van der Waals surface area (Å²) in [5.41, 5.74) is 0. The molecule has 0 radical (unpaired) electrons. The third-order valence-corrected chi connectivity index (χ3v) is 12.4. The number of likely N-dealkylation sites (N-methyl/N-ethyl adjacent to an activating group) is 1. The average Bonchev–Trinajstić information content (AvgIpc) is 3.31. The van der Waals surface area contributed by atoms with Gasteiger partial charge < -0.3 is 28.8 Å². The highest BCUT2D eigenvalue weighted by molar-refractivity contribution is 7.45. The highest BCUT2D eigenvalue weighted by Gasteiger charge is 2.24. The highest BCUT2D eigenvalue weighted by atomic mass is 31.2. The van der Waals surface area contributed by atoms with Gasteiger partial charge in [-0.05, 0) is 89.9 Å². The number of phosphoric ester groups is 1. The van der Waals surface area contributed by atoms with Gasteiger partial charge in [-0.2, -0.15) is 0 Å². The van der Waals surface area contributed by atoms with Gasteiger partial charge in [0.2, 0.25) is 5.91 Å². The minimum atomic E-state index is -4.56. The second kappa shape index (κ2) is 49.9. The number of aliphatic hydroxyl groups excluding tert-OH is 1. The van der Waals surface area contributed by atoms with Crippen LogP contribution < -0.4 is 10.2 Å². The monoisotopic (exact) mass is 979 g/mol. The van der Waals surface area contributed by atoms with Gasteiger partial charge in [-0.1, -0.05) is 225 Å². The smallest absolute Gasteiger partial charge is 0.268 e. The van der Waals surface area contributed by atoms with E-state index in [4.69, 9.17) is 9.05 Å². The zero-order valence-corrected chi connectivity index (χ0v) is 45.6. The quantitative estimate of drug-likeness (QED) is 0.0272. The van der Waals surface area contributed by atoms with Gasteiger partial charge in [0.05, 0.1) is 39.9 Å². The molecule has 3 unspecified atom stereocenters. The van der Waals surface area contributed by atoms with E-state index in [0.717, 1.165) is 109 Å². The van der Waals surface area contributed by atoms with E-state index in [-0.39, 0.29) is 19.1 Å². The molecule has 0 aliphatic rings. The van der Waals surface area contributed by atoms with Crippen molar-refractivity contribution in [3.63, 3.8) is 0 Å². The number of carbonyl (C=O) groups is 1. The lowest BCUT2D eigenvalue weighted by atomic mass is 10.0. The van der Waals surface area contributed by atoms with Crippen LogP contribution in [0.1, 0.15) is 200 Å². The molecule has 8 nitrogen and oxygen atoms in total. The van der Waals surface area contributed by atoms with Crippen LogP contribution in [-0.2, 0) is 18.4 Å². The maximum atomic E-state index is 12.8. The lowest BCUT2D eigenvalue weighted by Crippen LogP contribution is -2.46. The minimum absolute atomic E-state index is 0.00532. The summed E-state index contributed by atoms with van der Waals surface area (Å²) >= 11 is 0. The van der Waals surface area contributed by atoms with Crippen molar-refractivity contribution in [2.24, 2.45) is 0 Å². The number of phosphoric acid groups is 1. The van der Waals surface area contributed by atoms with E-state index in [1.54, 1.807) is 0 Å². The van der Waals surface area contributed by atoms with Crippen molar-refractivity contribution in [1.29, 1.82) is 0 Å². The van der Waals surface area contributed by atoms with Crippen LogP contribution in [0, 0.1) is 0 Å². The molecule has 394 valence electrons. The Balaban J connectivity index is 3.93. The molecular weight excluding hydrogens is 876 g/mol. The van der Waals surface area contributed by atoms with Crippen molar-refractivity contribution in [2.75, 3.05) is 40.9 Å². The third kappa shape index (κ3) is 52.6. The summed E-state index contributed by atoms with van der Waals surface area (Å²) in [6.45, 7) is 4.51. The molecular formula is C60H103N2O6P. The first-order valence-corrected chi connectivity index (χ1v) is 28.8. The molecule has 0 aromatic heterocycles. The zero-order chi connectivity index (χ0) is 50.6. The number of unbranched alkanes of at least 4 members (excludes halogenated alkanes) is 15.